The van der Waals surface area contributed by atoms with E-state index in [1.165, 1.54) is 22.8 Å². The molecule has 302 valence electrons. The molecule has 1 aliphatic rings. The summed E-state index contributed by atoms with van der Waals surface area (Å²) in [7, 11) is 1.25. The maximum atomic E-state index is 14.2. The molecule has 16 heteroatoms. The number of aromatic nitrogens is 1. The first kappa shape index (κ1) is 43.0. The molecule has 4 rings (SSSR count). The minimum absolute atomic E-state index is 0.0198. The Morgan fingerprint density at radius 3 is 2.20 bits per heavy atom. The van der Waals surface area contributed by atoms with Crippen molar-refractivity contribution >= 4 is 52.6 Å². The zero-order chi connectivity index (χ0) is 41.1. The van der Waals surface area contributed by atoms with Crippen molar-refractivity contribution in [2.24, 2.45) is 17.6 Å². The summed E-state index contributed by atoms with van der Waals surface area (Å²) in [5, 5.41) is 18.2. The lowest BCUT2D eigenvalue weighted by Gasteiger charge is -2.31. The summed E-state index contributed by atoms with van der Waals surface area (Å²) in [5.74, 6) is -5.25. The number of methoxy groups -OCH3 is 1. The van der Waals surface area contributed by atoms with Gasteiger partial charge in [0.15, 0.2) is 0 Å². The van der Waals surface area contributed by atoms with E-state index < -0.39 is 84.2 Å². The molecule has 2 heterocycles. The van der Waals surface area contributed by atoms with Crippen LogP contribution in [0.1, 0.15) is 64.5 Å². The van der Waals surface area contributed by atoms with Crippen molar-refractivity contribution < 1.29 is 48.1 Å². The minimum Gasteiger partial charge on any atom is -0.480 e. The number of carboxylic acid groups (broad SMARTS) is 1. The molecule has 0 bridgehead atoms. The summed E-state index contributed by atoms with van der Waals surface area (Å²) in [5.41, 5.74) is 8.20. The highest BCUT2D eigenvalue weighted by molar-refractivity contribution is 5.97. The molecule has 0 aliphatic carbocycles. The molecule has 0 spiro atoms. The number of carboxylic acids is 1. The molecule has 1 fully saturated rings. The Bertz CT molecular complexity index is 1890. The largest absolute Gasteiger partial charge is 0.480 e. The van der Waals surface area contributed by atoms with Crippen molar-refractivity contribution in [3.05, 3.63) is 71.9 Å². The molecule has 1 aromatic heterocycles. The van der Waals surface area contributed by atoms with Crippen LogP contribution < -0.4 is 21.7 Å². The molecule has 0 saturated carbocycles. The van der Waals surface area contributed by atoms with Crippen molar-refractivity contribution in [3.63, 3.8) is 0 Å². The third kappa shape index (κ3) is 11.1. The fraction of sp³-hybridized carbons (Fsp3) is 0.475. The van der Waals surface area contributed by atoms with Crippen LogP contribution in [0.25, 0.3) is 10.9 Å². The van der Waals surface area contributed by atoms with E-state index in [4.69, 9.17) is 15.2 Å². The van der Waals surface area contributed by atoms with E-state index in [1.54, 1.807) is 62.4 Å². The van der Waals surface area contributed by atoms with Crippen LogP contribution in [0.15, 0.2) is 60.8 Å². The van der Waals surface area contributed by atoms with Crippen molar-refractivity contribution in [1.29, 1.82) is 0 Å². The van der Waals surface area contributed by atoms with Crippen LogP contribution in [0, 0.1) is 11.8 Å². The number of benzene rings is 2. The molecular weight excluding hydrogens is 724 g/mol. The number of carbonyl (C=O) groups excluding carboxylic acids is 6. The van der Waals surface area contributed by atoms with Gasteiger partial charge in [0.2, 0.25) is 23.6 Å². The number of esters is 1. The van der Waals surface area contributed by atoms with Crippen LogP contribution in [-0.2, 0) is 51.3 Å². The van der Waals surface area contributed by atoms with Gasteiger partial charge in [0, 0.05) is 18.1 Å². The molecule has 1 aliphatic heterocycles. The highest BCUT2D eigenvalue weighted by atomic mass is 16.5. The predicted molar refractivity (Wildman–Crippen MR) is 205 cm³/mol. The number of hydrogen-bond donors (Lipinski definition) is 5. The van der Waals surface area contributed by atoms with Crippen LogP contribution in [0.3, 0.4) is 0 Å². The van der Waals surface area contributed by atoms with Crippen molar-refractivity contribution in [2.75, 3.05) is 13.7 Å². The molecule has 4 amide bonds. The first-order valence-corrected chi connectivity index (χ1v) is 18.7. The molecule has 56 heavy (non-hydrogen) atoms. The highest BCUT2D eigenvalue weighted by Gasteiger charge is 2.41. The number of hydrogen-bond acceptors (Lipinski definition) is 10. The van der Waals surface area contributed by atoms with Crippen LogP contribution in [0.2, 0.25) is 0 Å². The predicted octanol–water partition coefficient (Wildman–Crippen LogP) is 2.49. The zero-order valence-electron chi connectivity index (χ0n) is 32.4. The minimum atomic E-state index is -1.47. The maximum absolute atomic E-state index is 14.2. The topological polar surface area (TPSA) is 228 Å². The number of para-hydroxylation sites is 1. The van der Waals surface area contributed by atoms with E-state index >= 15 is 0 Å². The van der Waals surface area contributed by atoms with E-state index in [0.29, 0.717) is 28.5 Å². The van der Waals surface area contributed by atoms with Gasteiger partial charge in [-0.25, -0.2) is 9.59 Å². The average molecular weight is 777 g/mol. The smallest absolute Gasteiger partial charge is 0.418 e. The number of likely N-dealkylation sites (tertiary alicyclic amines) is 1. The highest BCUT2D eigenvalue weighted by Crippen LogP contribution is 2.24. The normalized spacial score (nSPS) is 16.1. The lowest BCUT2D eigenvalue weighted by atomic mass is 10.00. The molecule has 3 aromatic rings. The Balaban J connectivity index is 1.53. The maximum Gasteiger partial charge on any atom is 0.418 e. The van der Waals surface area contributed by atoms with Gasteiger partial charge in [0.1, 0.15) is 30.8 Å². The Morgan fingerprint density at radius 2 is 1.55 bits per heavy atom. The molecule has 1 saturated heterocycles. The lowest BCUT2D eigenvalue weighted by Crippen LogP contribution is -2.59. The first-order chi connectivity index (χ1) is 26.6. The lowest BCUT2D eigenvalue weighted by molar-refractivity contribution is -0.150. The van der Waals surface area contributed by atoms with Crippen LogP contribution >= 0.6 is 0 Å². The van der Waals surface area contributed by atoms with Gasteiger partial charge < -0.3 is 41.2 Å². The number of amides is 4. The van der Waals surface area contributed by atoms with E-state index in [1.807, 2.05) is 19.9 Å². The van der Waals surface area contributed by atoms with Crippen LogP contribution in [-0.4, -0.2) is 100 Å². The quantitative estimate of drug-likeness (QED) is 0.125. The molecular formula is C40H52N6O10. The Hall–Kier alpha value is -5.77. The van der Waals surface area contributed by atoms with E-state index in [-0.39, 0.29) is 38.3 Å². The molecule has 6 N–H and O–H groups in total. The Labute approximate surface area is 325 Å². The Morgan fingerprint density at radius 1 is 0.893 bits per heavy atom. The summed E-state index contributed by atoms with van der Waals surface area (Å²) >= 11 is 0. The molecule has 16 nitrogen and oxygen atoms in total. The third-order valence-corrected chi connectivity index (χ3v) is 9.58. The van der Waals surface area contributed by atoms with Gasteiger partial charge in [0.25, 0.3) is 0 Å². The summed E-state index contributed by atoms with van der Waals surface area (Å²) < 4.78 is 11.6. The van der Waals surface area contributed by atoms with Gasteiger partial charge >= 0.3 is 18.0 Å². The van der Waals surface area contributed by atoms with Gasteiger partial charge in [-0.05, 0) is 54.7 Å². The standard InChI is InChI=1S/C40H52N6O10/c1-23(2)18-30(39(52)53)43-37(50)34(24(3)4)44-36(49)32-16-11-17-45(32)38(51)29(20-33(47)56-22-25-12-7-6-8-13-25)42-35(48)28(41)19-26-21-46(40(54)55-5)31-15-10-9-14-27(26)31/h6-10,12-15,21,23-24,28-30,32,34H,11,16-20,22,41H2,1-5H3,(H,42,48)(H,43,50)(H,44,49)(H,52,53)/t28-,29-,30+,32+,34-/m1/s1. The second kappa shape index (κ2) is 19.7. The SMILES string of the molecule is COC(=O)n1cc(C[C@@H](N)C(=O)N[C@H](CC(=O)OCc2ccccc2)C(=O)N2CCC[C@H]2C(=O)N[C@@H](C(=O)N[C@@H](CC(C)C)C(=O)O)C(C)C)c2ccccc21. The number of carbonyl (C=O) groups is 7. The Kier molecular flexibility index (Phi) is 15.1. The fourth-order valence-corrected chi connectivity index (χ4v) is 6.68. The van der Waals surface area contributed by atoms with Gasteiger partial charge in [0.05, 0.1) is 25.1 Å². The number of rotatable bonds is 17. The average Bonchev–Trinajstić information content (AvgIpc) is 3.80. The van der Waals surface area contributed by atoms with Gasteiger partial charge in [-0.1, -0.05) is 76.2 Å². The molecule has 0 unspecified atom stereocenters. The number of fused-ring (bicyclic) bond motifs is 1. The number of nitrogens with zero attached hydrogens (tertiary/aromatic N) is 2. The van der Waals surface area contributed by atoms with Crippen LogP contribution in [0.4, 0.5) is 4.79 Å². The number of aliphatic carboxylic acids is 1. The number of ether oxygens (including phenoxy) is 2. The van der Waals surface area contributed by atoms with E-state index in [9.17, 15) is 38.7 Å². The summed E-state index contributed by atoms with van der Waals surface area (Å²) in [6.45, 7) is 7.09. The van der Waals surface area contributed by atoms with Crippen LogP contribution in [0.5, 0.6) is 0 Å². The fourth-order valence-electron chi connectivity index (χ4n) is 6.68. The van der Waals surface area contributed by atoms with Crippen molar-refractivity contribution in [2.45, 2.75) is 96.6 Å². The first-order valence-electron chi connectivity index (χ1n) is 18.7. The van der Waals surface area contributed by atoms with Gasteiger partial charge in [-0.3, -0.25) is 28.5 Å². The zero-order valence-corrected chi connectivity index (χ0v) is 32.4. The summed E-state index contributed by atoms with van der Waals surface area (Å²) in [6, 6.07) is 9.87. The van der Waals surface area contributed by atoms with Crippen molar-refractivity contribution in [1.82, 2.24) is 25.4 Å². The second-order valence-electron chi connectivity index (χ2n) is 14.7. The monoisotopic (exact) mass is 776 g/mol. The van der Waals surface area contributed by atoms with E-state index in [0.717, 1.165) is 0 Å². The summed E-state index contributed by atoms with van der Waals surface area (Å²) in [4.78, 5) is 93.6. The molecule has 2 aromatic carbocycles. The number of nitrogens with two attached hydrogens (primary N) is 1. The van der Waals surface area contributed by atoms with Gasteiger partial charge in [-0.2, -0.15) is 0 Å². The molecule has 5 atom stereocenters. The molecule has 0 radical (unpaired) electrons. The van der Waals surface area contributed by atoms with E-state index in [2.05, 4.69) is 16.0 Å². The second-order valence-corrected chi connectivity index (χ2v) is 14.7. The third-order valence-electron chi connectivity index (χ3n) is 9.58. The van der Waals surface area contributed by atoms with Gasteiger partial charge in [-0.15, -0.1) is 0 Å². The summed E-state index contributed by atoms with van der Waals surface area (Å²) in [6.07, 6.45) is 1.12. The van der Waals surface area contributed by atoms with Crippen molar-refractivity contribution in [3.8, 4) is 0 Å². The number of nitrogens with one attached hydrogen (secondary N) is 3.